The number of likely N-dealkylation sites (N-methyl/N-ethyl adjacent to an activating group) is 1. The molecule has 1 aromatic rings. The van der Waals surface area contributed by atoms with Crippen molar-refractivity contribution in [3.05, 3.63) is 29.3 Å². The maximum absolute atomic E-state index is 8.89. The van der Waals surface area contributed by atoms with Gasteiger partial charge in [-0.2, -0.15) is 5.26 Å². The zero-order chi connectivity index (χ0) is 10.6. The molecule has 0 bridgehead atoms. The van der Waals surface area contributed by atoms with Crippen LogP contribution < -0.4 is 4.90 Å². The van der Waals surface area contributed by atoms with Gasteiger partial charge in [-0.1, -0.05) is 6.07 Å². The molecule has 0 aliphatic rings. The Bertz CT molecular complexity index is 355. The van der Waals surface area contributed by atoms with Crippen LogP contribution in [0.5, 0.6) is 0 Å². The summed E-state index contributed by atoms with van der Waals surface area (Å²) in [4.78, 5) is 1.88. The Morgan fingerprint density at radius 1 is 1.50 bits per heavy atom. The van der Waals surface area contributed by atoms with E-state index in [1.54, 1.807) is 6.07 Å². The van der Waals surface area contributed by atoms with E-state index in [1.165, 1.54) is 0 Å². The highest BCUT2D eigenvalue weighted by Crippen LogP contribution is 2.19. The minimum atomic E-state index is 0.0926. The fourth-order valence-corrected chi connectivity index (χ4v) is 1.32. The molecule has 0 radical (unpaired) electrons. The summed E-state index contributed by atoms with van der Waals surface area (Å²) < 4.78 is 0. The van der Waals surface area contributed by atoms with Crippen LogP contribution in [0.15, 0.2) is 18.2 Å². The first-order valence-electron chi connectivity index (χ1n) is 4.51. The van der Waals surface area contributed by atoms with Gasteiger partial charge in [-0.25, -0.2) is 0 Å². The second kappa shape index (κ2) is 4.64. The van der Waals surface area contributed by atoms with E-state index in [-0.39, 0.29) is 6.61 Å². The number of aryl methyl sites for hydroxylation is 1. The van der Waals surface area contributed by atoms with E-state index in [0.29, 0.717) is 12.1 Å². The topological polar surface area (TPSA) is 47.3 Å². The third-order valence-corrected chi connectivity index (χ3v) is 2.12. The maximum Gasteiger partial charge on any atom is 0.101 e. The van der Waals surface area contributed by atoms with Crippen LogP contribution in [0.4, 0.5) is 5.69 Å². The van der Waals surface area contributed by atoms with Gasteiger partial charge in [-0.15, -0.1) is 0 Å². The lowest BCUT2D eigenvalue weighted by atomic mass is 10.1. The van der Waals surface area contributed by atoms with Crippen molar-refractivity contribution in [1.82, 2.24) is 0 Å². The molecule has 0 saturated carbocycles. The Labute approximate surface area is 84.2 Å². The van der Waals surface area contributed by atoms with Crippen LogP contribution in [0.3, 0.4) is 0 Å². The van der Waals surface area contributed by atoms with Crippen molar-refractivity contribution in [3.8, 4) is 6.07 Å². The Hall–Kier alpha value is -1.53. The van der Waals surface area contributed by atoms with E-state index >= 15 is 0 Å². The highest BCUT2D eigenvalue weighted by molar-refractivity contribution is 5.60. The van der Waals surface area contributed by atoms with Crippen molar-refractivity contribution in [2.75, 3.05) is 25.1 Å². The van der Waals surface area contributed by atoms with Crippen molar-refractivity contribution >= 4 is 5.69 Å². The predicted molar refractivity (Wildman–Crippen MR) is 56.2 cm³/mol. The predicted octanol–water partition coefficient (Wildman–Crippen LogP) is 1.30. The van der Waals surface area contributed by atoms with Crippen LogP contribution >= 0.6 is 0 Å². The second-order valence-corrected chi connectivity index (χ2v) is 3.28. The molecule has 0 amide bonds. The molecule has 0 saturated heterocycles. The molecule has 0 fully saturated rings. The molecule has 0 unspecified atom stereocenters. The molecule has 0 aliphatic carbocycles. The van der Waals surface area contributed by atoms with E-state index < -0.39 is 0 Å². The van der Waals surface area contributed by atoms with Crippen LogP contribution in [-0.4, -0.2) is 25.3 Å². The normalized spacial score (nSPS) is 9.57. The van der Waals surface area contributed by atoms with Crippen molar-refractivity contribution in [2.45, 2.75) is 6.92 Å². The lowest BCUT2D eigenvalue weighted by molar-refractivity contribution is 0.304. The van der Waals surface area contributed by atoms with E-state index in [4.69, 9.17) is 10.4 Å². The number of aliphatic hydroxyl groups excluding tert-OH is 1. The summed E-state index contributed by atoms with van der Waals surface area (Å²) in [5, 5.41) is 17.7. The van der Waals surface area contributed by atoms with Crippen LogP contribution in [0, 0.1) is 18.3 Å². The third-order valence-electron chi connectivity index (χ3n) is 2.12. The molecule has 0 spiro atoms. The summed E-state index contributed by atoms with van der Waals surface area (Å²) >= 11 is 0. The zero-order valence-corrected chi connectivity index (χ0v) is 8.49. The quantitative estimate of drug-likeness (QED) is 0.781. The van der Waals surface area contributed by atoms with Gasteiger partial charge >= 0.3 is 0 Å². The third kappa shape index (κ3) is 2.24. The molecule has 0 aromatic heterocycles. The van der Waals surface area contributed by atoms with Gasteiger partial charge in [-0.05, 0) is 24.6 Å². The Kier molecular flexibility index (Phi) is 3.49. The first-order chi connectivity index (χ1) is 6.69. The second-order valence-electron chi connectivity index (χ2n) is 3.28. The minimum absolute atomic E-state index is 0.0926. The molecular formula is C11H14N2O. The summed E-state index contributed by atoms with van der Waals surface area (Å²) in [6, 6.07) is 7.81. The Morgan fingerprint density at radius 2 is 2.21 bits per heavy atom. The highest BCUT2D eigenvalue weighted by atomic mass is 16.3. The summed E-state index contributed by atoms with van der Waals surface area (Å²) in [6.07, 6.45) is 0. The van der Waals surface area contributed by atoms with Gasteiger partial charge in [0.15, 0.2) is 0 Å². The fraction of sp³-hybridized carbons (Fsp3) is 0.364. The number of nitriles is 1. The smallest absolute Gasteiger partial charge is 0.101 e. The first-order valence-corrected chi connectivity index (χ1v) is 4.51. The van der Waals surface area contributed by atoms with Gasteiger partial charge in [0.1, 0.15) is 6.07 Å². The Morgan fingerprint density at radius 3 is 2.79 bits per heavy atom. The number of hydrogen-bond acceptors (Lipinski definition) is 3. The summed E-state index contributed by atoms with van der Waals surface area (Å²) in [6.45, 7) is 2.62. The van der Waals surface area contributed by atoms with Crippen molar-refractivity contribution in [1.29, 1.82) is 5.26 Å². The van der Waals surface area contributed by atoms with E-state index in [9.17, 15) is 0 Å². The van der Waals surface area contributed by atoms with Crippen molar-refractivity contribution < 1.29 is 5.11 Å². The van der Waals surface area contributed by atoms with Crippen LogP contribution in [-0.2, 0) is 0 Å². The number of nitrogens with zero attached hydrogens (tertiary/aromatic N) is 2. The van der Waals surface area contributed by atoms with Crippen LogP contribution in [0.1, 0.15) is 11.1 Å². The molecule has 3 heteroatoms. The van der Waals surface area contributed by atoms with E-state index in [0.717, 1.165) is 11.3 Å². The molecule has 0 atom stereocenters. The summed E-state index contributed by atoms with van der Waals surface area (Å²) in [7, 11) is 1.87. The highest BCUT2D eigenvalue weighted by Gasteiger charge is 2.06. The summed E-state index contributed by atoms with van der Waals surface area (Å²) in [5.74, 6) is 0. The minimum Gasteiger partial charge on any atom is -0.395 e. The molecule has 3 nitrogen and oxygen atoms in total. The standard InChI is InChI=1S/C11H14N2O/c1-9-3-4-10(8-12)11(7-9)13(2)5-6-14/h3-4,7,14H,5-6H2,1-2H3. The number of benzene rings is 1. The molecular weight excluding hydrogens is 176 g/mol. The number of rotatable bonds is 3. The molecule has 0 aliphatic heterocycles. The molecule has 1 aromatic carbocycles. The van der Waals surface area contributed by atoms with Gasteiger partial charge in [0, 0.05) is 13.6 Å². The fourth-order valence-electron chi connectivity index (χ4n) is 1.32. The average molecular weight is 190 g/mol. The van der Waals surface area contributed by atoms with Gasteiger partial charge in [0.05, 0.1) is 17.9 Å². The zero-order valence-electron chi connectivity index (χ0n) is 8.49. The average Bonchev–Trinajstić information content (AvgIpc) is 2.18. The van der Waals surface area contributed by atoms with Gasteiger partial charge < -0.3 is 10.0 Å². The summed E-state index contributed by atoms with van der Waals surface area (Å²) in [5.41, 5.74) is 2.64. The Balaban J connectivity index is 3.05. The SMILES string of the molecule is Cc1ccc(C#N)c(N(C)CCO)c1. The molecule has 74 valence electrons. The lowest BCUT2D eigenvalue weighted by Crippen LogP contribution is -2.22. The van der Waals surface area contributed by atoms with E-state index in [1.807, 2.05) is 31.0 Å². The number of hydrogen-bond donors (Lipinski definition) is 1. The molecule has 14 heavy (non-hydrogen) atoms. The van der Waals surface area contributed by atoms with Crippen molar-refractivity contribution in [2.24, 2.45) is 0 Å². The molecule has 1 rings (SSSR count). The largest absolute Gasteiger partial charge is 0.395 e. The lowest BCUT2D eigenvalue weighted by Gasteiger charge is -2.19. The van der Waals surface area contributed by atoms with Gasteiger partial charge in [0.25, 0.3) is 0 Å². The van der Waals surface area contributed by atoms with Crippen molar-refractivity contribution in [3.63, 3.8) is 0 Å². The first kappa shape index (κ1) is 10.6. The molecule has 1 N–H and O–H groups in total. The van der Waals surface area contributed by atoms with E-state index in [2.05, 4.69) is 6.07 Å². The van der Waals surface area contributed by atoms with Crippen LogP contribution in [0.2, 0.25) is 0 Å². The van der Waals surface area contributed by atoms with Gasteiger partial charge in [-0.3, -0.25) is 0 Å². The number of aliphatic hydroxyl groups is 1. The van der Waals surface area contributed by atoms with Gasteiger partial charge in [0.2, 0.25) is 0 Å². The maximum atomic E-state index is 8.89. The number of anilines is 1. The monoisotopic (exact) mass is 190 g/mol. The molecule has 0 heterocycles. The van der Waals surface area contributed by atoms with Crippen LogP contribution in [0.25, 0.3) is 0 Å².